The van der Waals surface area contributed by atoms with Crippen molar-refractivity contribution in [3.05, 3.63) is 52.1 Å². The predicted octanol–water partition coefficient (Wildman–Crippen LogP) is 2.49. The third-order valence-electron chi connectivity index (χ3n) is 2.21. The summed E-state index contributed by atoms with van der Waals surface area (Å²) in [6.45, 7) is 0. The Morgan fingerprint density at radius 1 is 1.28 bits per heavy atom. The van der Waals surface area contributed by atoms with Crippen molar-refractivity contribution in [2.24, 2.45) is 0 Å². The smallest absolute Gasteiger partial charge is 0.326 e. The number of hydrogen-bond acceptors (Lipinski definition) is 5. The molecule has 1 amide bonds. The fourth-order valence-corrected chi connectivity index (χ4v) is 2.09. The van der Waals surface area contributed by atoms with Crippen molar-refractivity contribution in [1.82, 2.24) is 0 Å². The van der Waals surface area contributed by atoms with Gasteiger partial charge in [-0.15, -0.1) is 0 Å². The normalized spacial score (nSPS) is 10.0. The van der Waals surface area contributed by atoms with Crippen LogP contribution in [-0.4, -0.2) is 10.8 Å². The van der Waals surface area contributed by atoms with Gasteiger partial charge >= 0.3 is 5.00 Å². The van der Waals surface area contributed by atoms with E-state index in [9.17, 15) is 14.9 Å². The van der Waals surface area contributed by atoms with Crippen LogP contribution in [0, 0.1) is 10.1 Å². The minimum Gasteiger partial charge on any atom is -0.398 e. The molecule has 0 spiro atoms. The fourth-order valence-electron chi connectivity index (χ4n) is 1.38. The zero-order chi connectivity index (χ0) is 13.1. The second-order valence-corrected chi connectivity index (χ2v) is 4.50. The van der Waals surface area contributed by atoms with Gasteiger partial charge in [0, 0.05) is 11.8 Å². The lowest BCUT2D eigenvalue weighted by molar-refractivity contribution is -0.380. The molecule has 6 nitrogen and oxygen atoms in total. The monoisotopic (exact) mass is 263 g/mol. The van der Waals surface area contributed by atoms with Gasteiger partial charge < -0.3 is 11.1 Å². The predicted molar refractivity (Wildman–Crippen MR) is 69.8 cm³/mol. The van der Waals surface area contributed by atoms with Gasteiger partial charge in [-0.3, -0.25) is 14.9 Å². The maximum Gasteiger partial charge on any atom is 0.326 e. The molecule has 1 aromatic heterocycles. The van der Waals surface area contributed by atoms with E-state index in [-0.39, 0.29) is 10.9 Å². The molecule has 0 aliphatic carbocycles. The Bertz CT molecular complexity index is 609. The number of para-hydroxylation sites is 1. The summed E-state index contributed by atoms with van der Waals surface area (Å²) < 4.78 is 0. The van der Waals surface area contributed by atoms with Crippen LogP contribution in [-0.2, 0) is 0 Å². The number of nitrogen functional groups attached to an aromatic ring is 1. The van der Waals surface area contributed by atoms with Crippen LogP contribution in [0.5, 0.6) is 0 Å². The Labute approximate surface area is 106 Å². The third kappa shape index (κ3) is 2.46. The quantitative estimate of drug-likeness (QED) is 0.505. The number of anilines is 2. The third-order valence-corrected chi connectivity index (χ3v) is 3.17. The van der Waals surface area contributed by atoms with E-state index in [1.807, 2.05) is 0 Å². The average molecular weight is 263 g/mol. The van der Waals surface area contributed by atoms with E-state index in [0.717, 1.165) is 11.3 Å². The Kier molecular flexibility index (Phi) is 3.24. The van der Waals surface area contributed by atoms with E-state index in [1.165, 1.54) is 12.1 Å². The Balaban J connectivity index is 2.16. The van der Waals surface area contributed by atoms with Crippen LogP contribution in [0.4, 0.5) is 15.7 Å². The van der Waals surface area contributed by atoms with Gasteiger partial charge in [0.15, 0.2) is 0 Å². The number of benzene rings is 1. The first-order valence-corrected chi connectivity index (χ1v) is 5.79. The maximum absolute atomic E-state index is 11.9. The van der Waals surface area contributed by atoms with Crippen LogP contribution < -0.4 is 11.1 Å². The van der Waals surface area contributed by atoms with Gasteiger partial charge in [-0.05, 0) is 29.5 Å². The molecule has 92 valence electrons. The topological polar surface area (TPSA) is 98.3 Å². The van der Waals surface area contributed by atoms with Gasteiger partial charge in [0.2, 0.25) is 0 Å². The Morgan fingerprint density at radius 2 is 2.00 bits per heavy atom. The molecule has 2 aromatic rings. The Hall–Kier alpha value is -2.41. The molecule has 3 N–H and O–H groups in total. The summed E-state index contributed by atoms with van der Waals surface area (Å²) in [5.74, 6) is -0.384. The summed E-state index contributed by atoms with van der Waals surface area (Å²) >= 11 is 0.898. The van der Waals surface area contributed by atoms with Crippen molar-refractivity contribution < 1.29 is 9.72 Å². The molecule has 0 atom stereocenters. The zero-order valence-electron chi connectivity index (χ0n) is 9.12. The number of hydrogen-bond donors (Lipinski definition) is 2. The molecule has 7 heteroatoms. The average Bonchev–Trinajstić information content (AvgIpc) is 2.78. The number of nitro groups is 1. The SMILES string of the molecule is Nc1ccccc1C(=O)Nc1ccc([N+](=O)[O-])s1. The van der Waals surface area contributed by atoms with E-state index in [0.29, 0.717) is 16.3 Å². The minimum absolute atomic E-state index is 0.0219. The molecule has 0 aliphatic rings. The van der Waals surface area contributed by atoms with Crippen LogP contribution in [0.2, 0.25) is 0 Å². The van der Waals surface area contributed by atoms with E-state index >= 15 is 0 Å². The highest BCUT2D eigenvalue weighted by Gasteiger charge is 2.13. The molecule has 0 saturated carbocycles. The van der Waals surface area contributed by atoms with E-state index in [2.05, 4.69) is 5.32 Å². The first-order chi connectivity index (χ1) is 8.58. The largest absolute Gasteiger partial charge is 0.398 e. The summed E-state index contributed by atoms with van der Waals surface area (Å²) in [4.78, 5) is 21.9. The van der Waals surface area contributed by atoms with Gasteiger partial charge in [0.25, 0.3) is 5.91 Å². The van der Waals surface area contributed by atoms with Crippen molar-refractivity contribution >= 4 is 32.9 Å². The highest BCUT2D eigenvalue weighted by molar-refractivity contribution is 7.19. The highest BCUT2D eigenvalue weighted by atomic mass is 32.1. The maximum atomic E-state index is 11.9. The van der Waals surface area contributed by atoms with Crippen LogP contribution in [0.3, 0.4) is 0 Å². The molecule has 1 aromatic carbocycles. The standard InChI is InChI=1S/C11H9N3O3S/c12-8-4-2-1-3-7(8)11(15)13-9-5-6-10(18-9)14(16)17/h1-6H,12H2,(H,13,15). The van der Waals surface area contributed by atoms with Crippen molar-refractivity contribution in [2.75, 3.05) is 11.1 Å². The summed E-state index contributed by atoms with van der Waals surface area (Å²) in [6, 6.07) is 9.46. The fraction of sp³-hybridized carbons (Fsp3) is 0. The van der Waals surface area contributed by atoms with E-state index in [1.54, 1.807) is 24.3 Å². The molecule has 0 saturated heterocycles. The number of nitrogens with two attached hydrogens (primary N) is 1. The van der Waals surface area contributed by atoms with Crippen LogP contribution in [0.1, 0.15) is 10.4 Å². The number of thiophene rings is 1. The van der Waals surface area contributed by atoms with Crippen LogP contribution in [0.25, 0.3) is 0 Å². The summed E-state index contributed by atoms with van der Waals surface area (Å²) in [5.41, 5.74) is 6.37. The van der Waals surface area contributed by atoms with Gasteiger partial charge in [-0.25, -0.2) is 0 Å². The van der Waals surface area contributed by atoms with Crippen molar-refractivity contribution in [3.63, 3.8) is 0 Å². The second-order valence-electron chi connectivity index (χ2n) is 3.44. The molecule has 0 aliphatic heterocycles. The van der Waals surface area contributed by atoms with Crippen molar-refractivity contribution in [2.45, 2.75) is 0 Å². The van der Waals surface area contributed by atoms with Crippen LogP contribution in [0.15, 0.2) is 36.4 Å². The number of carbonyl (C=O) groups excluding carboxylic acids is 1. The van der Waals surface area contributed by atoms with Gasteiger partial charge in [0.1, 0.15) is 5.00 Å². The number of nitrogens with zero attached hydrogens (tertiary/aromatic N) is 1. The first-order valence-electron chi connectivity index (χ1n) is 4.98. The lowest BCUT2D eigenvalue weighted by Gasteiger charge is -2.04. The van der Waals surface area contributed by atoms with E-state index < -0.39 is 4.92 Å². The van der Waals surface area contributed by atoms with Crippen LogP contribution >= 0.6 is 11.3 Å². The van der Waals surface area contributed by atoms with Gasteiger partial charge in [-0.1, -0.05) is 12.1 Å². The Morgan fingerprint density at radius 3 is 2.61 bits per heavy atom. The molecule has 0 fully saturated rings. The lowest BCUT2D eigenvalue weighted by atomic mass is 10.2. The second kappa shape index (κ2) is 4.84. The van der Waals surface area contributed by atoms with E-state index in [4.69, 9.17) is 5.73 Å². The first kappa shape index (κ1) is 12.1. The molecular weight excluding hydrogens is 254 g/mol. The lowest BCUT2D eigenvalue weighted by Crippen LogP contribution is -2.12. The molecule has 2 rings (SSSR count). The number of carbonyl (C=O) groups is 1. The summed E-state index contributed by atoms with van der Waals surface area (Å²) in [6.07, 6.45) is 0. The molecule has 0 unspecified atom stereocenters. The number of nitrogens with one attached hydrogen (secondary N) is 1. The highest BCUT2D eigenvalue weighted by Crippen LogP contribution is 2.28. The molecular formula is C11H9N3O3S. The van der Waals surface area contributed by atoms with Crippen molar-refractivity contribution in [3.8, 4) is 0 Å². The summed E-state index contributed by atoms with van der Waals surface area (Å²) in [5, 5.41) is 13.5. The molecule has 18 heavy (non-hydrogen) atoms. The zero-order valence-corrected chi connectivity index (χ0v) is 9.94. The molecule has 0 radical (unpaired) electrons. The van der Waals surface area contributed by atoms with Gasteiger partial charge in [0.05, 0.1) is 10.5 Å². The number of amides is 1. The van der Waals surface area contributed by atoms with Gasteiger partial charge in [-0.2, -0.15) is 0 Å². The number of rotatable bonds is 3. The molecule has 1 heterocycles. The van der Waals surface area contributed by atoms with Crippen molar-refractivity contribution in [1.29, 1.82) is 0 Å². The molecule has 0 bridgehead atoms. The minimum atomic E-state index is -0.503. The summed E-state index contributed by atoms with van der Waals surface area (Å²) in [7, 11) is 0.